The highest BCUT2D eigenvalue weighted by molar-refractivity contribution is 5.24. The Morgan fingerprint density at radius 2 is 0.630 bits per heavy atom. The molecule has 0 N–H and O–H groups in total. The Hall–Kier alpha value is -1.98. The molecule has 0 spiro atoms. The third kappa shape index (κ3) is 8.17. The van der Waals surface area contributed by atoms with E-state index in [1.807, 2.05) is 0 Å². The molecule has 2 aromatic rings. The molecule has 0 saturated heterocycles. The van der Waals surface area contributed by atoms with Gasteiger partial charge in [-0.15, -0.1) is 0 Å². The number of halogens is 6. The monoisotopic (exact) mass is 646 g/mol. The molecule has 6 rings (SSSR count). The number of hydrogen-bond donors (Lipinski definition) is 0. The van der Waals surface area contributed by atoms with E-state index in [9.17, 15) is 26.3 Å². The van der Waals surface area contributed by atoms with Gasteiger partial charge < -0.3 is 0 Å². The van der Waals surface area contributed by atoms with E-state index in [4.69, 9.17) is 0 Å². The summed E-state index contributed by atoms with van der Waals surface area (Å²) in [6.45, 7) is 0. The molecule has 4 fully saturated rings. The second kappa shape index (κ2) is 15.5. The van der Waals surface area contributed by atoms with Gasteiger partial charge in [0.1, 0.15) is 0 Å². The van der Waals surface area contributed by atoms with Gasteiger partial charge >= 0.3 is 0 Å². The molecule has 0 bridgehead atoms. The smallest absolute Gasteiger partial charge is 0.194 e. The maximum absolute atomic E-state index is 13.7. The average molecular weight is 647 g/mol. The van der Waals surface area contributed by atoms with Crippen molar-refractivity contribution in [3.8, 4) is 0 Å². The predicted molar refractivity (Wildman–Crippen MR) is 171 cm³/mol. The average Bonchev–Trinajstić information content (AvgIpc) is 3.08. The lowest BCUT2D eigenvalue weighted by atomic mass is 9.67. The van der Waals surface area contributed by atoms with Crippen LogP contribution in [0.4, 0.5) is 26.3 Å². The first kappa shape index (κ1) is 33.9. The van der Waals surface area contributed by atoms with Crippen molar-refractivity contribution < 1.29 is 26.3 Å². The van der Waals surface area contributed by atoms with E-state index in [0.29, 0.717) is 11.1 Å². The summed E-state index contributed by atoms with van der Waals surface area (Å²) in [5, 5.41) is 0. The summed E-state index contributed by atoms with van der Waals surface area (Å²) >= 11 is 0. The maximum Gasteiger partial charge on any atom is 0.194 e. The third-order valence-corrected chi connectivity index (χ3v) is 13.1. The molecule has 4 aliphatic carbocycles. The second-order valence-corrected chi connectivity index (χ2v) is 15.7. The largest absolute Gasteiger partial charge is 0.204 e. The van der Waals surface area contributed by atoms with Gasteiger partial charge in [-0.25, -0.2) is 26.3 Å². The van der Waals surface area contributed by atoms with Crippen LogP contribution in [-0.2, 0) is 0 Å². The highest BCUT2D eigenvalue weighted by Crippen LogP contribution is 2.46. The first-order chi connectivity index (χ1) is 22.2. The van der Waals surface area contributed by atoms with Crippen molar-refractivity contribution in [2.24, 2.45) is 35.5 Å². The first-order valence-corrected chi connectivity index (χ1v) is 18.5. The van der Waals surface area contributed by atoms with Crippen molar-refractivity contribution in [1.82, 2.24) is 0 Å². The van der Waals surface area contributed by atoms with Crippen molar-refractivity contribution in [2.75, 3.05) is 0 Å². The summed E-state index contributed by atoms with van der Waals surface area (Å²) < 4.78 is 81.6. The molecule has 0 aliphatic heterocycles. The second-order valence-electron chi connectivity index (χ2n) is 15.7. The molecule has 6 heteroatoms. The van der Waals surface area contributed by atoms with Gasteiger partial charge in [-0.1, -0.05) is 51.4 Å². The van der Waals surface area contributed by atoms with Gasteiger partial charge in [0.25, 0.3) is 0 Å². The maximum atomic E-state index is 13.7. The minimum atomic E-state index is -1.37. The normalized spacial score (nSPS) is 32.4. The molecule has 4 aliphatic rings. The Bertz CT molecular complexity index is 1130. The fraction of sp³-hybridized carbons (Fsp3) is 0.700. The fourth-order valence-corrected chi connectivity index (χ4v) is 10.2. The topological polar surface area (TPSA) is 0 Å². The van der Waals surface area contributed by atoms with E-state index in [1.165, 1.54) is 101 Å². The van der Waals surface area contributed by atoms with Crippen LogP contribution in [0.15, 0.2) is 24.3 Å². The first-order valence-electron chi connectivity index (χ1n) is 18.5. The molecule has 0 heterocycles. The minimum Gasteiger partial charge on any atom is -0.204 e. The van der Waals surface area contributed by atoms with Crippen LogP contribution in [0.1, 0.15) is 151 Å². The van der Waals surface area contributed by atoms with Crippen molar-refractivity contribution in [1.29, 1.82) is 0 Å². The van der Waals surface area contributed by atoms with Crippen molar-refractivity contribution in [3.05, 3.63) is 70.3 Å². The Morgan fingerprint density at radius 1 is 0.370 bits per heavy atom. The van der Waals surface area contributed by atoms with E-state index >= 15 is 0 Å². The van der Waals surface area contributed by atoms with Crippen LogP contribution in [0.5, 0.6) is 0 Å². The summed E-state index contributed by atoms with van der Waals surface area (Å²) in [5.41, 5.74) is 1.24. The number of hydrogen-bond acceptors (Lipinski definition) is 0. The molecule has 254 valence electrons. The van der Waals surface area contributed by atoms with E-state index in [2.05, 4.69) is 0 Å². The Labute approximate surface area is 272 Å². The molecule has 46 heavy (non-hydrogen) atoms. The predicted octanol–water partition coefficient (Wildman–Crippen LogP) is 12.9. The summed E-state index contributed by atoms with van der Waals surface area (Å²) in [7, 11) is 0. The third-order valence-electron chi connectivity index (χ3n) is 13.1. The number of rotatable bonds is 9. The van der Waals surface area contributed by atoms with E-state index in [-0.39, 0.29) is 11.8 Å². The molecule has 0 radical (unpaired) electrons. The van der Waals surface area contributed by atoms with E-state index in [1.54, 1.807) is 0 Å². The highest BCUT2D eigenvalue weighted by atomic mass is 19.2. The van der Waals surface area contributed by atoms with Gasteiger partial charge in [-0.2, -0.15) is 0 Å². The molecule has 0 atom stereocenters. The van der Waals surface area contributed by atoms with Crippen molar-refractivity contribution in [3.63, 3.8) is 0 Å². The molecule has 4 saturated carbocycles. The summed E-state index contributed by atoms with van der Waals surface area (Å²) in [4.78, 5) is 0. The van der Waals surface area contributed by atoms with Crippen LogP contribution in [-0.4, -0.2) is 0 Å². The zero-order chi connectivity index (χ0) is 32.2. The zero-order valence-electron chi connectivity index (χ0n) is 27.3. The number of unbranched alkanes of at least 4 members (excludes halogenated alkanes) is 1. The SMILES string of the molecule is Fc1cc(C2CCC(C3CCC(CCCCC4CCC(C5CCC(c6cc(F)c(F)c(F)c6)CC5)CC4)CC3)CC2)cc(F)c1F. The summed E-state index contributed by atoms with van der Waals surface area (Å²) in [6.07, 6.45) is 24.3. The Kier molecular flexibility index (Phi) is 11.4. The van der Waals surface area contributed by atoms with Gasteiger partial charge in [-0.3, -0.25) is 0 Å². The fourth-order valence-electron chi connectivity index (χ4n) is 10.2. The quantitative estimate of drug-likeness (QED) is 0.144. The lowest BCUT2D eigenvalue weighted by molar-refractivity contribution is 0.150. The van der Waals surface area contributed by atoms with E-state index < -0.39 is 34.9 Å². The Morgan fingerprint density at radius 3 is 0.913 bits per heavy atom. The summed E-state index contributed by atoms with van der Waals surface area (Å²) in [6, 6.07) is 4.78. The highest BCUT2D eigenvalue weighted by Gasteiger charge is 2.33. The van der Waals surface area contributed by atoms with Crippen LogP contribution < -0.4 is 0 Å². The van der Waals surface area contributed by atoms with Gasteiger partial charge in [0, 0.05) is 0 Å². The lowest BCUT2D eigenvalue weighted by Gasteiger charge is -2.38. The molecule has 0 nitrogen and oxygen atoms in total. The van der Waals surface area contributed by atoms with Crippen LogP contribution in [0, 0.1) is 70.4 Å². The van der Waals surface area contributed by atoms with E-state index in [0.717, 1.165) is 86.9 Å². The van der Waals surface area contributed by atoms with Crippen LogP contribution in [0.3, 0.4) is 0 Å². The van der Waals surface area contributed by atoms with Crippen LogP contribution in [0.25, 0.3) is 0 Å². The molecule has 2 aromatic carbocycles. The molecule has 0 unspecified atom stereocenters. The zero-order valence-corrected chi connectivity index (χ0v) is 27.3. The van der Waals surface area contributed by atoms with Crippen LogP contribution >= 0.6 is 0 Å². The summed E-state index contributed by atoms with van der Waals surface area (Å²) in [5.74, 6) is -1.97. The molecular weight excluding hydrogens is 594 g/mol. The lowest BCUT2D eigenvalue weighted by Crippen LogP contribution is -2.26. The van der Waals surface area contributed by atoms with Gasteiger partial charge in [0.2, 0.25) is 0 Å². The van der Waals surface area contributed by atoms with Gasteiger partial charge in [0.15, 0.2) is 34.9 Å². The molecule has 0 amide bonds. The van der Waals surface area contributed by atoms with Crippen molar-refractivity contribution >= 4 is 0 Å². The number of benzene rings is 2. The molecular formula is C40H52F6. The molecule has 0 aromatic heterocycles. The van der Waals surface area contributed by atoms with Crippen LogP contribution in [0.2, 0.25) is 0 Å². The van der Waals surface area contributed by atoms with Crippen molar-refractivity contribution in [2.45, 2.75) is 140 Å². The van der Waals surface area contributed by atoms with Gasteiger partial charge in [-0.05, 0) is 160 Å². The Balaban J connectivity index is 0.821. The standard InChI is InChI=1S/C40H52F6/c41-35-21-33(22-36(42)39(35)45)31-17-13-29(14-18-31)27-9-5-25(6-10-27)3-1-2-4-26-7-11-28(12-8-26)30-15-19-32(20-16-30)34-23-37(43)40(46)38(44)24-34/h21-32H,1-20H2. The van der Waals surface area contributed by atoms with Gasteiger partial charge in [0.05, 0.1) is 0 Å². The minimum absolute atomic E-state index is 0.141.